The summed E-state index contributed by atoms with van der Waals surface area (Å²) in [5.41, 5.74) is 0.721. The largest absolute Gasteiger partial charge is 0.357 e. The first kappa shape index (κ1) is 12.5. The summed E-state index contributed by atoms with van der Waals surface area (Å²) < 4.78 is 0. The molecule has 2 bridgehead atoms. The van der Waals surface area contributed by atoms with Crippen LogP contribution in [0.1, 0.15) is 36.2 Å². The number of nitrogens with one attached hydrogen (secondary N) is 1. The second kappa shape index (κ2) is 4.92. The Labute approximate surface area is 120 Å². The standard InChI is InChI=1S/C16H23N3O/c20-16(14-2-1-5-17-14)19-8-6-18(7-9-19)15-11-12-3-4-13(15)10-12/h1-2,5,12-13,15,17H,3-4,6-11H2. The minimum absolute atomic E-state index is 0.155. The highest BCUT2D eigenvalue weighted by atomic mass is 16.2. The Bertz CT molecular complexity index is 476. The summed E-state index contributed by atoms with van der Waals surface area (Å²) in [6.45, 7) is 3.87. The van der Waals surface area contributed by atoms with Gasteiger partial charge in [0.25, 0.3) is 5.91 Å². The van der Waals surface area contributed by atoms with Gasteiger partial charge in [-0.1, -0.05) is 6.42 Å². The van der Waals surface area contributed by atoms with E-state index in [-0.39, 0.29) is 5.91 Å². The molecule has 0 aromatic carbocycles. The average Bonchev–Trinajstić information content (AvgIpc) is 3.23. The molecular formula is C16H23N3O. The first-order chi connectivity index (χ1) is 9.81. The average molecular weight is 273 g/mol. The van der Waals surface area contributed by atoms with Gasteiger partial charge in [0.1, 0.15) is 5.69 Å². The van der Waals surface area contributed by atoms with E-state index < -0.39 is 0 Å². The second-order valence-corrected chi connectivity index (χ2v) is 6.65. The molecule has 3 aliphatic rings. The van der Waals surface area contributed by atoms with Gasteiger partial charge in [0.2, 0.25) is 0 Å². The van der Waals surface area contributed by atoms with Gasteiger partial charge < -0.3 is 9.88 Å². The SMILES string of the molecule is O=C(c1ccc[nH]1)N1CCN(C2CC3CCC2C3)CC1. The molecule has 4 nitrogen and oxygen atoms in total. The van der Waals surface area contributed by atoms with Crippen molar-refractivity contribution in [2.24, 2.45) is 11.8 Å². The summed E-state index contributed by atoms with van der Waals surface area (Å²) in [4.78, 5) is 20.0. The number of hydrogen-bond acceptors (Lipinski definition) is 2. The van der Waals surface area contributed by atoms with Crippen LogP contribution in [0.4, 0.5) is 0 Å². The summed E-state index contributed by atoms with van der Waals surface area (Å²) in [5, 5.41) is 0. The Hall–Kier alpha value is -1.29. The highest BCUT2D eigenvalue weighted by Gasteiger charge is 2.42. The Morgan fingerprint density at radius 2 is 2.00 bits per heavy atom. The van der Waals surface area contributed by atoms with Crippen LogP contribution in [0.5, 0.6) is 0 Å². The van der Waals surface area contributed by atoms with Gasteiger partial charge in [0.15, 0.2) is 0 Å². The number of hydrogen-bond donors (Lipinski definition) is 1. The summed E-state index contributed by atoms with van der Waals surface area (Å²) >= 11 is 0. The van der Waals surface area contributed by atoms with E-state index in [1.54, 1.807) is 0 Å². The molecule has 3 unspecified atom stereocenters. The number of amides is 1. The van der Waals surface area contributed by atoms with Gasteiger partial charge in [-0.05, 0) is 43.2 Å². The smallest absolute Gasteiger partial charge is 0.270 e. The summed E-state index contributed by atoms with van der Waals surface area (Å²) in [6.07, 6.45) is 7.60. The number of carbonyl (C=O) groups excluding carboxylic acids is 1. The molecule has 4 rings (SSSR count). The molecule has 1 amide bonds. The molecule has 20 heavy (non-hydrogen) atoms. The number of rotatable bonds is 2. The van der Waals surface area contributed by atoms with Crippen molar-refractivity contribution in [2.45, 2.75) is 31.7 Å². The van der Waals surface area contributed by atoms with Crippen LogP contribution in [0.2, 0.25) is 0 Å². The first-order valence-corrected chi connectivity index (χ1v) is 7.98. The lowest BCUT2D eigenvalue weighted by Crippen LogP contribution is -2.53. The molecule has 1 N–H and O–H groups in total. The van der Waals surface area contributed by atoms with Crippen molar-refractivity contribution < 1.29 is 4.79 Å². The van der Waals surface area contributed by atoms with Crippen LogP contribution in [-0.2, 0) is 0 Å². The first-order valence-electron chi connectivity index (χ1n) is 7.98. The van der Waals surface area contributed by atoms with E-state index in [1.165, 1.54) is 25.7 Å². The quantitative estimate of drug-likeness (QED) is 0.894. The summed E-state index contributed by atoms with van der Waals surface area (Å²) in [6, 6.07) is 4.57. The van der Waals surface area contributed by atoms with E-state index in [4.69, 9.17) is 0 Å². The summed E-state index contributed by atoms with van der Waals surface area (Å²) in [7, 11) is 0. The number of aromatic nitrogens is 1. The molecule has 2 aliphatic carbocycles. The number of nitrogens with zero attached hydrogens (tertiary/aromatic N) is 2. The topological polar surface area (TPSA) is 39.3 Å². The zero-order valence-electron chi connectivity index (χ0n) is 11.9. The predicted octanol–water partition coefficient (Wildman–Crippen LogP) is 1.96. The van der Waals surface area contributed by atoms with Crippen molar-refractivity contribution in [3.8, 4) is 0 Å². The molecule has 1 aromatic heterocycles. The molecule has 3 atom stereocenters. The molecule has 108 valence electrons. The fourth-order valence-corrected chi connectivity index (χ4v) is 4.55. The second-order valence-electron chi connectivity index (χ2n) is 6.65. The minimum Gasteiger partial charge on any atom is -0.357 e. The van der Waals surface area contributed by atoms with E-state index in [0.29, 0.717) is 0 Å². The van der Waals surface area contributed by atoms with E-state index >= 15 is 0 Å². The fourth-order valence-electron chi connectivity index (χ4n) is 4.55. The lowest BCUT2D eigenvalue weighted by molar-refractivity contribution is 0.0492. The van der Waals surface area contributed by atoms with Gasteiger partial charge in [-0.15, -0.1) is 0 Å². The predicted molar refractivity (Wildman–Crippen MR) is 77.5 cm³/mol. The third-order valence-corrected chi connectivity index (χ3v) is 5.60. The molecule has 0 radical (unpaired) electrons. The normalized spacial score (nSPS) is 33.8. The van der Waals surface area contributed by atoms with Crippen molar-refractivity contribution >= 4 is 5.91 Å². The van der Waals surface area contributed by atoms with Crippen LogP contribution in [0.15, 0.2) is 18.3 Å². The lowest BCUT2D eigenvalue weighted by Gasteiger charge is -2.40. The van der Waals surface area contributed by atoms with Crippen molar-refractivity contribution in [1.29, 1.82) is 0 Å². The Morgan fingerprint density at radius 1 is 1.15 bits per heavy atom. The van der Waals surface area contributed by atoms with Gasteiger partial charge in [0, 0.05) is 38.4 Å². The molecule has 1 aliphatic heterocycles. The van der Waals surface area contributed by atoms with Crippen LogP contribution in [0.3, 0.4) is 0 Å². The van der Waals surface area contributed by atoms with Gasteiger partial charge in [-0.3, -0.25) is 9.69 Å². The maximum absolute atomic E-state index is 12.3. The number of fused-ring (bicyclic) bond motifs is 2. The fraction of sp³-hybridized carbons (Fsp3) is 0.688. The van der Waals surface area contributed by atoms with Crippen LogP contribution in [0, 0.1) is 11.8 Å². The van der Waals surface area contributed by atoms with Crippen molar-refractivity contribution in [1.82, 2.24) is 14.8 Å². The van der Waals surface area contributed by atoms with Gasteiger partial charge in [0.05, 0.1) is 0 Å². The van der Waals surface area contributed by atoms with E-state index in [2.05, 4.69) is 9.88 Å². The number of piperazine rings is 1. The Balaban J connectivity index is 1.35. The highest BCUT2D eigenvalue weighted by Crippen LogP contribution is 2.46. The van der Waals surface area contributed by atoms with Gasteiger partial charge in [-0.2, -0.15) is 0 Å². The highest BCUT2D eigenvalue weighted by molar-refractivity contribution is 5.92. The van der Waals surface area contributed by atoms with Crippen LogP contribution in [0.25, 0.3) is 0 Å². The maximum atomic E-state index is 12.3. The molecule has 3 fully saturated rings. The van der Waals surface area contributed by atoms with Crippen LogP contribution >= 0.6 is 0 Å². The third kappa shape index (κ3) is 2.06. The Kier molecular flexibility index (Phi) is 3.06. The van der Waals surface area contributed by atoms with E-state index in [9.17, 15) is 4.79 Å². The van der Waals surface area contributed by atoms with Crippen molar-refractivity contribution in [2.75, 3.05) is 26.2 Å². The van der Waals surface area contributed by atoms with E-state index in [1.807, 2.05) is 23.2 Å². The number of H-pyrrole nitrogens is 1. The zero-order valence-corrected chi connectivity index (χ0v) is 11.9. The van der Waals surface area contributed by atoms with Crippen molar-refractivity contribution in [3.05, 3.63) is 24.0 Å². The molecule has 2 heterocycles. The number of aromatic amines is 1. The number of carbonyl (C=O) groups is 1. The molecular weight excluding hydrogens is 250 g/mol. The van der Waals surface area contributed by atoms with Crippen LogP contribution < -0.4 is 0 Å². The monoisotopic (exact) mass is 273 g/mol. The van der Waals surface area contributed by atoms with E-state index in [0.717, 1.165) is 49.8 Å². The Morgan fingerprint density at radius 3 is 2.60 bits per heavy atom. The van der Waals surface area contributed by atoms with Gasteiger partial charge in [-0.25, -0.2) is 0 Å². The molecule has 1 saturated heterocycles. The molecule has 0 spiro atoms. The molecule has 1 aromatic rings. The van der Waals surface area contributed by atoms with Gasteiger partial charge >= 0.3 is 0 Å². The minimum atomic E-state index is 0.155. The van der Waals surface area contributed by atoms with Crippen molar-refractivity contribution in [3.63, 3.8) is 0 Å². The third-order valence-electron chi connectivity index (χ3n) is 5.60. The maximum Gasteiger partial charge on any atom is 0.270 e. The molecule has 4 heteroatoms. The summed E-state index contributed by atoms with van der Waals surface area (Å²) in [5.74, 6) is 2.11. The lowest BCUT2D eigenvalue weighted by atomic mass is 9.93. The van der Waals surface area contributed by atoms with Crippen LogP contribution in [-0.4, -0.2) is 52.9 Å². The molecule has 2 saturated carbocycles. The zero-order chi connectivity index (χ0) is 13.5.